The fourth-order valence-electron chi connectivity index (χ4n) is 3.12. The third-order valence-corrected chi connectivity index (χ3v) is 6.40. The Morgan fingerprint density at radius 1 is 1.08 bits per heavy atom. The molecule has 2 aromatic heterocycles. The molecule has 1 aromatic carbocycles. The van der Waals surface area contributed by atoms with Crippen LogP contribution in [0.15, 0.2) is 53.8 Å². The van der Waals surface area contributed by atoms with E-state index in [1.54, 1.807) is 28.8 Å². The van der Waals surface area contributed by atoms with Crippen molar-refractivity contribution in [3.8, 4) is 0 Å². The first kappa shape index (κ1) is 16.2. The van der Waals surface area contributed by atoms with Crippen molar-refractivity contribution in [2.45, 2.75) is 11.4 Å². The first-order chi connectivity index (χ1) is 12.1. The van der Waals surface area contributed by atoms with Crippen LogP contribution in [0.5, 0.6) is 0 Å². The van der Waals surface area contributed by atoms with Gasteiger partial charge in [0.15, 0.2) is 0 Å². The number of nitrogens with one attached hydrogen (secondary N) is 1. The van der Waals surface area contributed by atoms with Crippen LogP contribution in [-0.2, 0) is 16.6 Å². The summed E-state index contributed by atoms with van der Waals surface area (Å²) >= 11 is 0. The van der Waals surface area contributed by atoms with E-state index < -0.39 is 10.0 Å². The molecule has 0 spiro atoms. The molecule has 8 heteroatoms. The molecule has 3 aromatic rings. The van der Waals surface area contributed by atoms with E-state index in [-0.39, 0.29) is 4.90 Å². The molecule has 0 bridgehead atoms. The van der Waals surface area contributed by atoms with Crippen molar-refractivity contribution in [3.05, 3.63) is 54.5 Å². The van der Waals surface area contributed by atoms with Gasteiger partial charge in [-0.25, -0.2) is 8.42 Å². The van der Waals surface area contributed by atoms with E-state index in [0.717, 1.165) is 17.4 Å². The Morgan fingerprint density at radius 3 is 2.68 bits per heavy atom. The van der Waals surface area contributed by atoms with E-state index in [2.05, 4.69) is 38.3 Å². The van der Waals surface area contributed by atoms with Gasteiger partial charge in [-0.3, -0.25) is 15.0 Å². The fourth-order valence-corrected chi connectivity index (χ4v) is 4.50. The molecule has 0 aliphatic carbocycles. The molecule has 130 valence electrons. The molecule has 4 rings (SSSR count). The third kappa shape index (κ3) is 3.28. The molecule has 0 atom stereocenters. The molecule has 3 heterocycles. The van der Waals surface area contributed by atoms with Crippen molar-refractivity contribution in [1.29, 1.82) is 0 Å². The van der Waals surface area contributed by atoms with Gasteiger partial charge in [0.1, 0.15) is 4.90 Å². The summed E-state index contributed by atoms with van der Waals surface area (Å²) in [6, 6.07) is 9.48. The number of benzene rings is 1. The topological polar surface area (TPSA) is 82.2 Å². The molecular weight excluding hydrogens is 338 g/mol. The minimum atomic E-state index is -3.45. The maximum atomic E-state index is 12.6. The summed E-state index contributed by atoms with van der Waals surface area (Å²) in [6.45, 7) is 3.20. The van der Waals surface area contributed by atoms with Gasteiger partial charge in [0.25, 0.3) is 0 Å². The minimum absolute atomic E-state index is 0.258. The van der Waals surface area contributed by atoms with Gasteiger partial charge in [-0.15, -0.1) is 0 Å². The Kier molecular flexibility index (Phi) is 4.24. The second-order valence-electron chi connectivity index (χ2n) is 6.16. The predicted octanol–water partition coefficient (Wildman–Crippen LogP) is 1.46. The molecule has 1 N–H and O–H groups in total. The van der Waals surface area contributed by atoms with Gasteiger partial charge < -0.3 is 0 Å². The zero-order valence-electron chi connectivity index (χ0n) is 13.7. The molecule has 25 heavy (non-hydrogen) atoms. The van der Waals surface area contributed by atoms with Gasteiger partial charge in [-0.1, -0.05) is 12.1 Å². The summed E-state index contributed by atoms with van der Waals surface area (Å²) in [5.74, 6) is 0. The maximum absolute atomic E-state index is 12.6. The number of fused-ring (bicyclic) bond motifs is 1. The molecule has 1 saturated heterocycles. The second kappa shape index (κ2) is 6.55. The number of hydrogen-bond donors (Lipinski definition) is 1. The van der Waals surface area contributed by atoms with Gasteiger partial charge in [0.2, 0.25) is 10.0 Å². The average Bonchev–Trinajstić information content (AvgIpc) is 3.11. The molecule has 0 unspecified atom stereocenters. The van der Waals surface area contributed by atoms with Gasteiger partial charge in [0.05, 0.1) is 11.7 Å². The third-order valence-electron chi connectivity index (χ3n) is 4.52. The smallest absolute Gasteiger partial charge is 0.244 e. The largest absolute Gasteiger partial charge is 0.296 e. The highest BCUT2D eigenvalue weighted by Crippen LogP contribution is 2.19. The summed E-state index contributed by atoms with van der Waals surface area (Å²) in [5, 5.41) is 8.11. The summed E-state index contributed by atoms with van der Waals surface area (Å²) in [5.41, 5.74) is 2.22. The van der Waals surface area contributed by atoms with Crippen LogP contribution in [0, 0.1) is 0 Å². The van der Waals surface area contributed by atoms with Crippen molar-refractivity contribution >= 4 is 20.9 Å². The van der Waals surface area contributed by atoms with E-state index in [4.69, 9.17) is 0 Å². The van der Waals surface area contributed by atoms with E-state index >= 15 is 0 Å². The van der Waals surface area contributed by atoms with Crippen LogP contribution >= 0.6 is 0 Å². The molecule has 1 aliphatic heterocycles. The Balaban J connectivity index is 1.41. The Labute approximate surface area is 146 Å². The first-order valence-corrected chi connectivity index (χ1v) is 9.61. The van der Waals surface area contributed by atoms with E-state index in [0.29, 0.717) is 26.2 Å². The number of rotatable bonds is 4. The van der Waals surface area contributed by atoms with Crippen LogP contribution < -0.4 is 0 Å². The number of aromatic amines is 1. The lowest BCUT2D eigenvalue weighted by Crippen LogP contribution is -2.48. The van der Waals surface area contributed by atoms with Crippen LogP contribution in [0.4, 0.5) is 0 Å². The predicted molar refractivity (Wildman–Crippen MR) is 94.4 cm³/mol. The SMILES string of the molecule is O=S(=O)(c1cccnc1)N1CCN(Cc2ccc3cn[nH]c3c2)CC1. The lowest BCUT2D eigenvalue weighted by Gasteiger charge is -2.33. The summed E-state index contributed by atoms with van der Waals surface area (Å²) in [6.07, 6.45) is 4.79. The van der Waals surface area contributed by atoms with Crippen molar-refractivity contribution < 1.29 is 8.42 Å². The highest BCUT2D eigenvalue weighted by molar-refractivity contribution is 7.89. The standard InChI is InChI=1S/C17H19N5O2S/c23-25(24,16-2-1-5-18-12-16)22-8-6-21(7-9-22)13-14-3-4-15-11-19-20-17(15)10-14/h1-5,10-12H,6-9,13H2,(H,19,20). The lowest BCUT2D eigenvalue weighted by molar-refractivity contribution is 0.181. The van der Waals surface area contributed by atoms with E-state index in [9.17, 15) is 8.42 Å². The normalized spacial score (nSPS) is 17.1. The lowest BCUT2D eigenvalue weighted by atomic mass is 10.1. The Hall–Kier alpha value is -2.29. The summed E-state index contributed by atoms with van der Waals surface area (Å²) in [7, 11) is -3.45. The van der Waals surface area contributed by atoms with Crippen LogP contribution in [0.3, 0.4) is 0 Å². The average molecular weight is 357 g/mol. The van der Waals surface area contributed by atoms with E-state index in [1.807, 2.05) is 0 Å². The highest BCUT2D eigenvalue weighted by Gasteiger charge is 2.28. The molecule has 7 nitrogen and oxygen atoms in total. The van der Waals surface area contributed by atoms with Gasteiger partial charge in [-0.05, 0) is 23.8 Å². The highest BCUT2D eigenvalue weighted by atomic mass is 32.2. The zero-order valence-corrected chi connectivity index (χ0v) is 14.5. The van der Waals surface area contributed by atoms with Crippen LogP contribution in [0.1, 0.15) is 5.56 Å². The number of sulfonamides is 1. The maximum Gasteiger partial charge on any atom is 0.244 e. The molecule has 0 radical (unpaired) electrons. The number of nitrogens with zero attached hydrogens (tertiary/aromatic N) is 4. The fraction of sp³-hybridized carbons (Fsp3) is 0.294. The molecule has 1 fully saturated rings. The number of hydrogen-bond acceptors (Lipinski definition) is 5. The zero-order chi connectivity index (χ0) is 17.3. The number of H-pyrrole nitrogens is 1. The molecule has 0 amide bonds. The van der Waals surface area contributed by atoms with Crippen molar-refractivity contribution in [2.75, 3.05) is 26.2 Å². The van der Waals surface area contributed by atoms with Crippen molar-refractivity contribution in [3.63, 3.8) is 0 Å². The van der Waals surface area contributed by atoms with Crippen LogP contribution in [-0.4, -0.2) is 59.0 Å². The number of piperazine rings is 1. The first-order valence-electron chi connectivity index (χ1n) is 8.17. The number of pyridine rings is 1. The minimum Gasteiger partial charge on any atom is -0.296 e. The molecule has 1 aliphatic rings. The van der Waals surface area contributed by atoms with Crippen LogP contribution in [0.25, 0.3) is 10.9 Å². The van der Waals surface area contributed by atoms with Gasteiger partial charge in [0, 0.05) is 50.5 Å². The quantitative estimate of drug-likeness (QED) is 0.764. The monoisotopic (exact) mass is 357 g/mol. The number of aromatic nitrogens is 3. The summed E-state index contributed by atoms with van der Waals surface area (Å²) < 4.78 is 26.8. The molecular formula is C17H19N5O2S. The van der Waals surface area contributed by atoms with Crippen molar-refractivity contribution in [2.24, 2.45) is 0 Å². The van der Waals surface area contributed by atoms with E-state index in [1.165, 1.54) is 11.8 Å². The molecule has 0 saturated carbocycles. The van der Waals surface area contributed by atoms with Crippen molar-refractivity contribution in [1.82, 2.24) is 24.4 Å². The second-order valence-corrected chi connectivity index (χ2v) is 8.10. The summed E-state index contributed by atoms with van der Waals surface area (Å²) in [4.78, 5) is 6.44. The Bertz CT molecular complexity index is 963. The van der Waals surface area contributed by atoms with Gasteiger partial charge in [-0.2, -0.15) is 9.40 Å². The van der Waals surface area contributed by atoms with Gasteiger partial charge >= 0.3 is 0 Å². The Morgan fingerprint density at radius 2 is 1.92 bits per heavy atom. The van der Waals surface area contributed by atoms with Crippen LogP contribution in [0.2, 0.25) is 0 Å².